The molecule has 0 aliphatic rings. The van der Waals surface area contributed by atoms with Crippen molar-refractivity contribution in [1.29, 1.82) is 0 Å². The van der Waals surface area contributed by atoms with Gasteiger partial charge in [-0.3, -0.25) is 4.79 Å². The summed E-state index contributed by atoms with van der Waals surface area (Å²) >= 11 is 0. The van der Waals surface area contributed by atoms with E-state index in [1.54, 1.807) is 12.2 Å². The molecule has 0 aromatic heterocycles. The molecule has 6 heteroatoms. The van der Waals surface area contributed by atoms with Gasteiger partial charge in [0.05, 0.1) is 19.3 Å². The lowest BCUT2D eigenvalue weighted by Crippen LogP contribution is -2.28. The van der Waals surface area contributed by atoms with E-state index >= 15 is 0 Å². The summed E-state index contributed by atoms with van der Waals surface area (Å²) in [6.07, 6.45) is 3.41. The third kappa shape index (κ3) is 5.19. The number of methoxy groups -OCH3 is 1. The molecule has 0 aliphatic carbocycles. The van der Waals surface area contributed by atoms with E-state index in [0.29, 0.717) is 0 Å². The van der Waals surface area contributed by atoms with E-state index in [1.807, 2.05) is 42.5 Å². The second-order valence-electron chi connectivity index (χ2n) is 4.97. The number of sulfonamides is 1. The van der Waals surface area contributed by atoms with Crippen LogP contribution in [0.5, 0.6) is 0 Å². The highest BCUT2D eigenvalue weighted by Gasteiger charge is 2.09. The third-order valence-corrected chi connectivity index (χ3v) is 4.59. The van der Waals surface area contributed by atoms with Crippen LogP contribution in [0.3, 0.4) is 0 Å². The topological polar surface area (TPSA) is 72.5 Å². The summed E-state index contributed by atoms with van der Waals surface area (Å²) in [7, 11) is -2.19. The van der Waals surface area contributed by atoms with Crippen molar-refractivity contribution in [3.8, 4) is 0 Å². The fourth-order valence-electron chi connectivity index (χ4n) is 2.17. The molecule has 122 valence electrons. The molecule has 2 rings (SSSR count). The highest BCUT2D eigenvalue weighted by Crippen LogP contribution is 2.19. The number of hydrogen-bond donors (Lipinski definition) is 1. The van der Waals surface area contributed by atoms with Crippen molar-refractivity contribution in [3.05, 3.63) is 54.1 Å². The number of esters is 1. The van der Waals surface area contributed by atoms with Crippen LogP contribution < -0.4 is 4.72 Å². The minimum Gasteiger partial charge on any atom is -0.469 e. The Labute approximate surface area is 136 Å². The van der Waals surface area contributed by atoms with Crippen molar-refractivity contribution in [3.63, 3.8) is 0 Å². The lowest BCUT2D eigenvalue weighted by atomic mass is 10.0. The van der Waals surface area contributed by atoms with E-state index in [0.717, 1.165) is 16.3 Å². The van der Waals surface area contributed by atoms with Gasteiger partial charge >= 0.3 is 5.97 Å². The Hall–Kier alpha value is -2.18. The monoisotopic (exact) mass is 333 g/mol. The van der Waals surface area contributed by atoms with Gasteiger partial charge in [0.2, 0.25) is 10.0 Å². The van der Waals surface area contributed by atoms with E-state index < -0.39 is 16.0 Å². The number of hydrogen-bond acceptors (Lipinski definition) is 4. The van der Waals surface area contributed by atoms with Gasteiger partial charge in [-0.2, -0.15) is 0 Å². The van der Waals surface area contributed by atoms with Gasteiger partial charge in [-0.05, 0) is 16.3 Å². The van der Waals surface area contributed by atoms with Crippen LogP contribution in [0, 0.1) is 0 Å². The van der Waals surface area contributed by atoms with Gasteiger partial charge in [-0.25, -0.2) is 13.1 Å². The average Bonchev–Trinajstić information content (AvgIpc) is 2.54. The van der Waals surface area contributed by atoms with Crippen LogP contribution in [0.1, 0.15) is 12.0 Å². The Bertz CT molecular complexity index is 807. The SMILES string of the molecule is COC(=O)CCNS(=O)(=O)CC=Cc1cccc2ccccc12. The zero-order valence-corrected chi connectivity index (χ0v) is 13.7. The second-order valence-corrected chi connectivity index (χ2v) is 6.82. The third-order valence-electron chi connectivity index (χ3n) is 3.32. The van der Waals surface area contributed by atoms with Crippen LogP contribution in [0.25, 0.3) is 16.8 Å². The Kier molecular flexibility index (Phi) is 5.90. The standard InChI is InChI=1S/C17H19NO4S/c1-22-17(19)11-12-18-23(20,21)13-5-9-15-8-4-7-14-6-2-3-10-16(14)15/h2-10,18H,11-13H2,1H3. The maximum atomic E-state index is 11.8. The average molecular weight is 333 g/mol. The number of carbonyl (C=O) groups excluding carboxylic acids is 1. The number of ether oxygens (including phenoxy) is 1. The van der Waals surface area contributed by atoms with Gasteiger partial charge in [0.25, 0.3) is 0 Å². The van der Waals surface area contributed by atoms with E-state index in [2.05, 4.69) is 9.46 Å². The summed E-state index contributed by atoms with van der Waals surface area (Å²) in [5, 5.41) is 2.18. The van der Waals surface area contributed by atoms with Crippen LogP contribution in [-0.2, 0) is 19.6 Å². The van der Waals surface area contributed by atoms with Gasteiger partial charge in [-0.15, -0.1) is 0 Å². The fraction of sp³-hybridized carbons (Fsp3) is 0.235. The van der Waals surface area contributed by atoms with Crippen LogP contribution in [-0.4, -0.2) is 33.8 Å². The molecule has 2 aromatic rings. The number of benzene rings is 2. The molecule has 0 unspecified atom stereocenters. The summed E-state index contributed by atoms with van der Waals surface area (Å²) in [4.78, 5) is 11.0. The minimum absolute atomic E-state index is 0.0166. The molecule has 0 fully saturated rings. The Morgan fingerprint density at radius 3 is 2.70 bits per heavy atom. The molecule has 0 amide bonds. The highest BCUT2D eigenvalue weighted by molar-refractivity contribution is 7.89. The van der Waals surface area contributed by atoms with Gasteiger partial charge in [-0.1, -0.05) is 54.6 Å². The minimum atomic E-state index is -3.45. The van der Waals surface area contributed by atoms with Crippen molar-refractivity contribution in [2.45, 2.75) is 6.42 Å². The molecule has 0 radical (unpaired) electrons. The van der Waals surface area contributed by atoms with Crippen molar-refractivity contribution in [1.82, 2.24) is 4.72 Å². The van der Waals surface area contributed by atoms with Gasteiger partial charge in [0.15, 0.2) is 0 Å². The fourth-order valence-corrected chi connectivity index (χ4v) is 3.05. The Morgan fingerprint density at radius 1 is 1.17 bits per heavy atom. The number of nitrogens with one attached hydrogen (secondary N) is 1. The summed E-state index contributed by atoms with van der Waals surface area (Å²) in [5.74, 6) is -0.587. The summed E-state index contributed by atoms with van der Waals surface area (Å²) in [6, 6.07) is 13.8. The molecule has 0 saturated heterocycles. The quantitative estimate of drug-likeness (QED) is 0.789. The number of carbonyl (C=O) groups is 1. The van der Waals surface area contributed by atoms with E-state index in [-0.39, 0.29) is 18.7 Å². The van der Waals surface area contributed by atoms with Crippen molar-refractivity contribution >= 4 is 32.8 Å². The van der Waals surface area contributed by atoms with E-state index in [9.17, 15) is 13.2 Å². The Morgan fingerprint density at radius 2 is 1.91 bits per heavy atom. The molecule has 23 heavy (non-hydrogen) atoms. The van der Waals surface area contributed by atoms with Crippen molar-refractivity contribution in [2.24, 2.45) is 0 Å². The molecular weight excluding hydrogens is 314 g/mol. The first-order valence-electron chi connectivity index (χ1n) is 7.20. The zero-order chi connectivity index (χ0) is 16.7. The largest absolute Gasteiger partial charge is 0.469 e. The Balaban J connectivity index is 1.98. The first kappa shape index (κ1) is 17.2. The van der Waals surface area contributed by atoms with Gasteiger partial charge in [0.1, 0.15) is 0 Å². The second kappa shape index (κ2) is 7.89. The normalized spacial score (nSPS) is 11.9. The van der Waals surface area contributed by atoms with Gasteiger partial charge < -0.3 is 4.74 Å². The molecule has 1 N–H and O–H groups in total. The molecule has 0 heterocycles. The number of fused-ring (bicyclic) bond motifs is 1. The van der Waals surface area contributed by atoms with Crippen molar-refractivity contribution < 1.29 is 17.9 Å². The molecule has 0 aliphatic heterocycles. The predicted octanol–water partition coefficient (Wildman–Crippen LogP) is 2.34. The smallest absolute Gasteiger partial charge is 0.306 e. The molecule has 0 saturated carbocycles. The van der Waals surface area contributed by atoms with Crippen LogP contribution in [0.15, 0.2) is 48.5 Å². The van der Waals surface area contributed by atoms with Crippen LogP contribution in [0.4, 0.5) is 0 Å². The molecule has 0 bridgehead atoms. The summed E-state index contributed by atoms with van der Waals surface area (Å²) in [5.41, 5.74) is 0.966. The number of rotatable bonds is 7. The van der Waals surface area contributed by atoms with E-state index in [1.165, 1.54) is 7.11 Å². The lowest BCUT2D eigenvalue weighted by Gasteiger charge is -2.04. The van der Waals surface area contributed by atoms with Crippen molar-refractivity contribution in [2.75, 3.05) is 19.4 Å². The van der Waals surface area contributed by atoms with Gasteiger partial charge in [0, 0.05) is 6.54 Å². The summed E-state index contributed by atoms with van der Waals surface area (Å²) < 4.78 is 30.5. The predicted molar refractivity (Wildman–Crippen MR) is 91.4 cm³/mol. The first-order chi connectivity index (χ1) is 11.0. The molecule has 2 aromatic carbocycles. The molecular formula is C17H19NO4S. The maximum Gasteiger partial charge on any atom is 0.306 e. The summed E-state index contributed by atoms with van der Waals surface area (Å²) in [6.45, 7) is 0.0388. The lowest BCUT2D eigenvalue weighted by molar-refractivity contribution is -0.140. The molecule has 0 spiro atoms. The molecule has 5 nitrogen and oxygen atoms in total. The highest BCUT2D eigenvalue weighted by atomic mass is 32.2. The maximum absolute atomic E-state index is 11.8. The van der Waals surface area contributed by atoms with E-state index in [4.69, 9.17) is 0 Å². The first-order valence-corrected chi connectivity index (χ1v) is 8.85. The van der Waals surface area contributed by atoms with Crippen LogP contribution >= 0.6 is 0 Å². The van der Waals surface area contributed by atoms with Crippen LogP contribution in [0.2, 0.25) is 0 Å². The zero-order valence-electron chi connectivity index (χ0n) is 12.9. The molecule has 0 atom stereocenters.